The Morgan fingerprint density at radius 1 is 0.683 bits per heavy atom. The molecule has 0 bridgehead atoms. The Morgan fingerprint density at radius 2 is 1.15 bits per heavy atom. The number of benzene rings is 3. The zero-order chi connectivity index (χ0) is 44.4. The Labute approximate surface area is 346 Å². The molecular weight excluding hydrogens is 790 g/mol. The van der Waals surface area contributed by atoms with Gasteiger partial charge < -0.3 is 83.6 Å². The minimum atomic E-state index is -0.674. The van der Waals surface area contributed by atoms with Crippen molar-refractivity contribution in [3.8, 4) is 51.7 Å². The molecule has 1 aliphatic rings. The SMILES string of the molecule is C.CC[C@H](N)C(=O)NCCc1ccc(O)c(O)c1O.CNC(=O)CNC(=O)Cc1ccc(O)c(O)c1O.NC(=O)C1CCCCN1C(=O)NCCc1ccc(O)c(O)c1O. The molecule has 6 amide bonds. The summed E-state index contributed by atoms with van der Waals surface area (Å²) >= 11 is 0. The number of nitrogens with zero attached hydrogens (tertiary/aromatic N) is 1. The van der Waals surface area contributed by atoms with E-state index in [1.165, 1.54) is 42.3 Å². The van der Waals surface area contributed by atoms with Gasteiger partial charge in [0.05, 0.1) is 19.0 Å². The number of piperidine rings is 1. The van der Waals surface area contributed by atoms with Gasteiger partial charge in [0, 0.05) is 32.2 Å². The van der Waals surface area contributed by atoms with E-state index in [9.17, 15) is 59.7 Å². The third-order valence-corrected chi connectivity index (χ3v) is 8.95. The summed E-state index contributed by atoms with van der Waals surface area (Å²) in [6.07, 6.45) is 3.19. The smallest absolute Gasteiger partial charge is 0.318 e. The quantitative estimate of drug-likeness (QED) is 0.104. The van der Waals surface area contributed by atoms with Gasteiger partial charge in [-0.3, -0.25) is 19.2 Å². The van der Waals surface area contributed by atoms with E-state index in [0.717, 1.165) is 18.9 Å². The number of nitrogens with two attached hydrogens (primary N) is 2. The number of rotatable bonds is 13. The van der Waals surface area contributed by atoms with Crippen LogP contribution in [0.1, 0.15) is 56.7 Å². The number of amides is 6. The molecular formula is C39H57N7O14. The number of aromatic hydroxyl groups is 9. The van der Waals surface area contributed by atoms with Gasteiger partial charge in [-0.15, -0.1) is 0 Å². The van der Waals surface area contributed by atoms with Gasteiger partial charge in [0.25, 0.3) is 0 Å². The van der Waals surface area contributed by atoms with Crippen LogP contribution in [0.4, 0.5) is 4.79 Å². The Morgan fingerprint density at radius 3 is 1.62 bits per heavy atom. The van der Waals surface area contributed by atoms with Crippen molar-refractivity contribution in [3.63, 3.8) is 0 Å². The topological polar surface area (TPSA) is 371 Å². The molecule has 332 valence electrons. The third-order valence-electron chi connectivity index (χ3n) is 8.95. The molecule has 0 saturated carbocycles. The molecule has 0 aliphatic carbocycles. The van der Waals surface area contributed by atoms with Crippen LogP contribution in [0.5, 0.6) is 51.7 Å². The van der Waals surface area contributed by atoms with Gasteiger partial charge in [-0.2, -0.15) is 0 Å². The number of hydrogen-bond donors (Lipinski definition) is 15. The predicted molar refractivity (Wildman–Crippen MR) is 217 cm³/mol. The molecule has 0 aromatic heterocycles. The first-order chi connectivity index (χ1) is 27.8. The van der Waals surface area contributed by atoms with E-state index in [-0.39, 0.29) is 68.3 Å². The molecule has 1 saturated heterocycles. The fourth-order valence-electron chi connectivity index (χ4n) is 5.39. The number of hydrogen-bond acceptors (Lipinski definition) is 15. The molecule has 2 atom stereocenters. The van der Waals surface area contributed by atoms with Gasteiger partial charge in [-0.05, 0) is 67.9 Å². The number of phenols is 9. The maximum atomic E-state index is 12.2. The molecule has 1 heterocycles. The van der Waals surface area contributed by atoms with Crippen molar-refractivity contribution >= 4 is 29.7 Å². The van der Waals surface area contributed by atoms with Gasteiger partial charge in [0.1, 0.15) is 6.04 Å². The second kappa shape index (κ2) is 24.7. The lowest BCUT2D eigenvalue weighted by Crippen LogP contribution is -2.54. The molecule has 3 aromatic rings. The number of likely N-dealkylation sites (N-methyl/N-ethyl adjacent to an activating group) is 1. The minimum absolute atomic E-state index is 0. The largest absolute Gasteiger partial charge is 0.504 e. The number of carbonyl (C=O) groups is 5. The number of urea groups is 1. The van der Waals surface area contributed by atoms with Crippen molar-refractivity contribution in [2.45, 2.75) is 71.4 Å². The average molecular weight is 848 g/mol. The van der Waals surface area contributed by atoms with Crippen molar-refractivity contribution in [3.05, 3.63) is 53.1 Å². The molecule has 1 fully saturated rings. The van der Waals surface area contributed by atoms with Gasteiger partial charge in [-0.25, -0.2) is 4.79 Å². The van der Waals surface area contributed by atoms with Crippen molar-refractivity contribution in [2.24, 2.45) is 11.5 Å². The lowest BCUT2D eigenvalue weighted by atomic mass is 10.0. The molecule has 17 N–H and O–H groups in total. The summed E-state index contributed by atoms with van der Waals surface area (Å²) < 4.78 is 0. The minimum Gasteiger partial charge on any atom is -0.504 e. The molecule has 1 aliphatic heterocycles. The second-order valence-electron chi connectivity index (χ2n) is 13.1. The number of primary amides is 1. The van der Waals surface area contributed by atoms with Crippen molar-refractivity contribution in [1.29, 1.82) is 0 Å². The highest BCUT2D eigenvalue weighted by molar-refractivity contribution is 5.87. The van der Waals surface area contributed by atoms with E-state index in [1.807, 2.05) is 6.92 Å². The Kier molecular flexibility index (Phi) is 21.0. The average Bonchev–Trinajstić information content (AvgIpc) is 3.22. The van der Waals surface area contributed by atoms with Crippen LogP contribution in [-0.2, 0) is 38.4 Å². The number of nitrogens with one attached hydrogen (secondary N) is 4. The molecule has 0 radical (unpaired) electrons. The normalized spacial score (nSPS) is 13.4. The zero-order valence-corrected chi connectivity index (χ0v) is 32.6. The van der Waals surface area contributed by atoms with Crippen LogP contribution < -0.4 is 32.7 Å². The summed E-state index contributed by atoms with van der Waals surface area (Å²) in [6.45, 7) is 2.63. The van der Waals surface area contributed by atoms with Crippen LogP contribution in [0.2, 0.25) is 0 Å². The van der Waals surface area contributed by atoms with Crippen LogP contribution >= 0.6 is 0 Å². The van der Waals surface area contributed by atoms with Crippen LogP contribution in [0.15, 0.2) is 36.4 Å². The summed E-state index contributed by atoms with van der Waals surface area (Å²) in [5, 5.41) is 94.2. The van der Waals surface area contributed by atoms with E-state index in [1.54, 1.807) is 0 Å². The standard InChI is InChI=1S/C15H21N3O5.C12H18N2O4.C11H14N2O5.CH4/c16-14(22)10-3-1-2-8-18(10)15(23)17-7-6-9-4-5-11(19)13(21)12(9)20;1-2-8(13)12(18)14-6-5-7-3-4-9(15)11(17)10(7)16;1-12-9(16)5-13-8(15)4-6-2-3-7(14)11(18)10(6)17;/h4-5,10,19-21H,1-3,6-8H2,(H2,16,22)(H,17,23);3-4,8,15-17H,2,5-6,13H2,1H3,(H,14,18);2-3,14,17-18H,4-5H2,1H3,(H,12,16)(H,13,15);1H4/t;8-;;/m.0../s1. The summed E-state index contributed by atoms with van der Waals surface area (Å²) in [6, 6.07) is 6.46. The molecule has 3 aromatic carbocycles. The lowest BCUT2D eigenvalue weighted by Gasteiger charge is -2.33. The molecule has 21 nitrogen and oxygen atoms in total. The van der Waals surface area contributed by atoms with E-state index < -0.39 is 64.1 Å². The number of phenolic OH excluding ortho intramolecular Hbond substituents is 9. The summed E-state index contributed by atoms with van der Waals surface area (Å²) in [7, 11) is 1.44. The molecule has 60 heavy (non-hydrogen) atoms. The lowest BCUT2D eigenvalue weighted by molar-refractivity contribution is -0.125. The van der Waals surface area contributed by atoms with Crippen LogP contribution in [0.3, 0.4) is 0 Å². The first-order valence-corrected chi connectivity index (χ1v) is 18.4. The second-order valence-corrected chi connectivity index (χ2v) is 13.1. The van der Waals surface area contributed by atoms with E-state index >= 15 is 0 Å². The van der Waals surface area contributed by atoms with Crippen molar-refractivity contribution in [1.82, 2.24) is 26.2 Å². The maximum Gasteiger partial charge on any atom is 0.318 e. The van der Waals surface area contributed by atoms with Crippen molar-refractivity contribution in [2.75, 3.05) is 33.2 Å². The first-order valence-electron chi connectivity index (χ1n) is 18.4. The Balaban J connectivity index is 0.000000452. The fourth-order valence-corrected chi connectivity index (χ4v) is 5.39. The van der Waals surface area contributed by atoms with Crippen LogP contribution in [0.25, 0.3) is 0 Å². The first kappa shape index (κ1) is 51.0. The highest BCUT2D eigenvalue weighted by Crippen LogP contribution is 2.39. The van der Waals surface area contributed by atoms with E-state index in [4.69, 9.17) is 21.7 Å². The molecule has 4 rings (SSSR count). The van der Waals surface area contributed by atoms with Crippen LogP contribution in [0, 0.1) is 0 Å². The number of carbonyl (C=O) groups excluding carboxylic acids is 5. The Hall–Kier alpha value is -7.03. The van der Waals surface area contributed by atoms with E-state index in [2.05, 4.69) is 21.3 Å². The maximum absolute atomic E-state index is 12.2. The van der Waals surface area contributed by atoms with Gasteiger partial charge in [0.15, 0.2) is 34.5 Å². The Bertz CT molecular complexity index is 1950. The molecule has 21 heteroatoms. The van der Waals surface area contributed by atoms with Gasteiger partial charge in [-0.1, -0.05) is 32.5 Å². The van der Waals surface area contributed by atoms with Crippen LogP contribution in [-0.4, -0.2) is 126 Å². The monoisotopic (exact) mass is 847 g/mol. The fraction of sp³-hybridized carbons (Fsp3) is 0.410. The molecule has 0 spiro atoms. The highest BCUT2D eigenvalue weighted by atomic mass is 16.3. The van der Waals surface area contributed by atoms with Gasteiger partial charge >= 0.3 is 6.03 Å². The predicted octanol–water partition coefficient (Wildman–Crippen LogP) is 0.439. The zero-order valence-electron chi connectivity index (χ0n) is 32.6. The summed E-state index contributed by atoms with van der Waals surface area (Å²) in [5.41, 5.74) is 11.8. The summed E-state index contributed by atoms with van der Waals surface area (Å²) in [5.74, 6) is -6.00. The van der Waals surface area contributed by atoms with E-state index in [0.29, 0.717) is 43.5 Å². The molecule has 1 unspecified atom stereocenters. The van der Waals surface area contributed by atoms with Gasteiger partial charge in [0.2, 0.25) is 40.9 Å². The number of likely N-dealkylation sites (tertiary alicyclic amines) is 1. The highest BCUT2D eigenvalue weighted by Gasteiger charge is 2.30. The van der Waals surface area contributed by atoms with Crippen molar-refractivity contribution < 1.29 is 69.9 Å². The third kappa shape index (κ3) is 15.0. The summed E-state index contributed by atoms with van der Waals surface area (Å²) in [4.78, 5) is 58.7.